The Morgan fingerprint density at radius 2 is 1.87 bits per heavy atom. The summed E-state index contributed by atoms with van der Waals surface area (Å²) in [6.45, 7) is 6.27. The summed E-state index contributed by atoms with van der Waals surface area (Å²) in [6, 6.07) is 3.91. The summed E-state index contributed by atoms with van der Waals surface area (Å²) in [4.78, 5) is 21.5. The molecule has 0 N–H and O–H groups in total. The lowest BCUT2D eigenvalue weighted by Gasteiger charge is -2.24. The Kier molecular flexibility index (Phi) is 7.11. The topological polar surface area (TPSA) is 98.7 Å². The van der Waals surface area contributed by atoms with E-state index in [9.17, 15) is 26.4 Å². The molecule has 8 nitrogen and oxygen atoms in total. The van der Waals surface area contributed by atoms with Crippen LogP contribution in [-0.4, -0.2) is 49.6 Å². The van der Waals surface area contributed by atoms with Crippen molar-refractivity contribution in [3.63, 3.8) is 0 Å². The largest absolute Gasteiger partial charge is 0.534 e. The van der Waals surface area contributed by atoms with Crippen molar-refractivity contribution in [2.45, 2.75) is 45.2 Å². The zero-order valence-electron chi connectivity index (χ0n) is 16.9. The number of hydrogen-bond acceptors (Lipinski definition) is 8. The van der Waals surface area contributed by atoms with E-state index in [0.717, 1.165) is 12.8 Å². The van der Waals surface area contributed by atoms with Crippen LogP contribution in [0.3, 0.4) is 0 Å². The fourth-order valence-corrected chi connectivity index (χ4v) is 3.33. The number of carbonyl (C=O) groups is 1. The molecule has 30 heavy (non-hydrogen) atoms. The van der Waals surface area contributed by atoms with Crippen LogP contribution in [-0.2, 0) is 14.9 Å². The fourth-order valence-electron chi connectivity index (χ4n) is 2.92. The molecule has 1 fully saturated rings. The third-order valence-corrected chi connectivity index (χ3v) is 5.28. The number of carbonyl (C=O) groups excluding carboxylic acids is 1. The minimum absolute atomic E-state index is 0.0654. The smallest absolute Gasteiger partial charge is 0.465 e. The third kappa shape index (κ3) is 4.74. The number of rotatable bonds is 4. The lowest BCUT2D eigenvalue weighted by Crippen LogP contribution is -2.31. The van der Waals surface area contributed by atoms with Crippen molar-refractivity contribution in [1.82, 2.24) is 9.97 Å². The number of methoxy groups -OCH3 is 1. The van der Waals surface area contributed by atoms with E-state index in [2.05, 4.69) is 18.9 Å². The number of alkyl halides is 3. The van der Waals surface area contributed by atoms with Gasteiger partial charge in [0.05, 0.1) is 23.7 Å². The summed E-state index contributed by atoms with van der Waals surface area (Å²) in [7, 11) is -4.71. The van der Waals surface area contributed by atoms with Crippen LogP contribution in [0.25, 0.3) is 11.0 Å². The molecule has 12 heteroatoms. The quantitative estimate of drug-likeness (QED) is 0.396. The first-order valence-corrected chi connectivity index (χ1v) is 10.6. The minimum Gasteiger partial charge on any atom is -0.465 e. The van der Waals surface area contributed by atoms with Gasteiger partial charge in [0.15, 0.2) is 5.82 Å². The van der Waals surface area contributed by atoms with Crippen molar-refractivity contribution < 1.29 is 35.3 Å². The van der Waals surface area contributed by atoms with Gasteiger partial charge in [-0.15, -0.1) is 0 Å². The van der Waals surface area contributed by atoms with Gasteiger partial charge < -0.3 is 13.8 Å². The lowest BCUT2D eigenvalue weighted by atomic mass is 10.2. The van der Waals surface area contributed by atoms with Gasteiger partial charge in [-0.3, -0.25) is 0 Å². The number of fused-ring (bicyclic) bond motifs is 1. The van der Waals surface area contributed by atoms with Crippen molar-refractivity contribution in [2.24, 2.45) is 0 Å². The van der Waals surface area contributed by atoms with Crippen LogP contribution in [0.15, 0.2) is 18.2 Å². The molecule has 1 atom stereocenters. The van der Waals surface area contributed by atoms with Gasteiger partial charge in [-0.2, -0.15) is 21.6 Å². The maximum Gasteiger partial charge on any atom is 0.534 e. The Morgan fingerprint density at radius 1 is 1.20 bits per heavy atom. The predicted octanol–water partition coefficient (Wildman–Crippen LogP) is 3.66. The molecule has 0 unspecified atom stereocenters. The summed E-state index contributed by atoms with van der Waals surface area (Å²) in [6.07, 6.45) is 1.49. The Hall–Kier alpha value is -2.63. The molecule has 0 radical (unpaired) electrons. The second kappa shape index (κ2) is 9.02. The molecule has 3 rings (SSSR count). The molecule has 1 aromatic carbocycles. The first-order chi connectivity index (χ1) is 14.0. The molecule has 1 saturated heterocycles. The molecule has 0 spiro atoms. The van der Waals surface area contributed by atoms with Crippen LogP contribution in [0.1, 0.15) is 44.0 Å². The van der Waals surface area contributed by atoms with Crippen LogP contribution in [0.4, 0.5) is 19.0 Å². The van der Waals surface area contributed by atoms with Crippen molar-refractivity contribution in [3.8, 4) is 5.88 Å². The van der Waals surface area contributed by atoms with Gasteiger partial charge in [0.2, 0.25) is 0 Å². The Morgan fingerprint density at radius 3 is 2.40 bits per heavy atom. The highest BCUT2D eigenvalue weighted by atomic mass is 32.2. The van der Waals surface area contributed by atoms with Crippen molar-refractivity contribution in [3.05, 3.63) is 23.8 Å². The molecule has 1 aliphatic rings. The van der Waals surface area contributed by atoms with Crippen LogP contribution in [0.2, 0.25) is 0 Å². The second-order valence-corrected chi connectivity index (χ2v) is 7.75. The third-order valence-electron chi connectivity index (χ3n) is 4.33. The van der Waals surface area contributed by atoms with E-state index in [0.29, 0.717) is 6.54 Å². The van der Waals surface area contributed by atoms with E-state index < -0.39 is 27.5 Å². The van der Waals surface area contributed by atoms with E-state index in [1.165, 1.54) is 25.3 Å². The molecule has 1 aromatic heterocycles. The normalized spacial score (nSPS) is 16.8. The molecule has 2 aromatic rings. The molecule has 0 bridgehead atoms. The van der Waals surface area contributed by atoms with E-state index in [-0.39, 0.29) is 28.5 Å². The number of nitrogens with zero attached hydrogens (tertiary/aromatic N) is 3. The van der Waals surface area contributed by atoms with Crippen LogP contribution >= 0.6 is 0 Å². The zero-order chi connectivity index (χ0) is 22.7. The molecule has 0 amide bonds. The Labute approximate surface area is 172 Å². The lowest BCUT2D eigenvalue weighted by molar-refractivity contribution is -0.0501. The summed E-state index contributed by atoms with van der Waals surface area (Å²) >= 11 is 0. The van der Waals surface area contributed by atoms with Gasteiger partial charge in [0, 0.05) is 12.6 Å². The Bertz CT molecular complexity index is 1030. The number of anilines is 1. The summed E-state index contributed by atoms with van der Waals surface area (Å²) in [5.41, 5.74) is -5.18. The zero-order valence-corrected chi connectivity index (χ0v) is 17.7. The van der Waals surface area contributed by atoms with Gasteiger partial charge >= 0.3 is 21.6 Å². The number of halogens is 3. The number of benzene rings is 1. The predicted molar refractivity (Wildman–Crippen MR) is 104 cm³/mol. The highest BCUT2D eigenvalue weighted by Crippen LogP contribution is 2.35. The molecule has 2 heterocycles. The van der Waals surface area contributed by atoms with Crippen LogP contribution < -0.4 is 9.08 Å². The van der Waals surface area contributed by atoms with E-state index in [1.54, 1.807) is 4.90 Å². The number of ether oxygens (including phenoxy) is 1. The standard InChI is InChI=1S/C16H16F3N3O5S.C2H6/c1-9-4-3-7-22(9)13-14(27-28(24,25)16(17,18)19)21-11-6-5-10(15(23)26-2)8-12(11)20-13;1-2/h5-6,8-9H,3-4,7H2,1-2H3;1-2H3/t9-;/m0./s1. The first kappa shape index (κ1) is 23.6. The summed E-state index contributed by atoms with van der Waals surface area (Å²) in [5, 5.41) is 0. The SMILES string of the molecule is CC.COC(=O)c1ccc2nc(OS(=O)(=O)C(F)(F)F)c(N3CCC[C@@H]3C)nc2c1. The maximum atomic E-state index is 12.8. The Balaban J connectivity index is 0.00000155. The monoisotopic (exact) mass is 449 g/mol. The van der Waals surface area contributed by atoms with E-state index >= 15 is 0 Å². The molecular formula is C18H22F3N3O5S. The molecule has 166 valence electrons. The van der Waals surface area contributed by atoms with Gasteiger partial charge in [0.1, 0.15) is 0 Å². The number of esters is 1. The van der Waals surface area contributed by atoms with Crippen molar-refractivity contribution in [1.29, 1.82) is 0 Å². The minimum atomic E-state index is -5.92. The van der Waals surface area contributed by atoms with Crippen LogP contribution in [0.5, 0.6) is 5.88 Å². The first-order valence-electron chi connectivity index (χ1n) is 9.21. The van der Waals surface area contributed by atoms with E-state index in [1.807, 2.05) is 20.8 Å². The molecule has 0 aliphatic carbocycles. The van der Waals surface area contributed by atoms with Crippen LogP contribution in [0, 0.1) is 0 Å². The molecular weight excluding hydrogens is 427 g/mol. The molecule has 0 saturated carbocycles. The number of hydrogen-bond donors (Lipinski definition) is 0. The van der Waals surface area contributed by atoms with Gasteiger partial charge in [-0.05, 0) is 38.0 Å². The van der Waals surface area contributed by atoms with Crippen molar-refractivity contribution in [2.75, 3.05) is 18.6 Å². The van der Waals surface area contributed by atoms with Gasteiger partial charge in [-0.1, -0.05) is 13.8 Å². The fraction of sp³-hybridized carbons (Fsp3) is 0.500. The summed E-state index contributed by atoms with van der Waals surface area (Å²) < 4.78 is 70.2. The highest BCUT2D eigenvalue weighted by molar-refractivity contribution is 7.88. The van der Waals surface area contributed by atoms with E-state index in [4.69, 9.17) is 0 Å². The highest BCUT2D eigenvalue weighted by Gasteiger charge is 2.49. The van der Waals surface area contributed by atoms with Crippen molar-refractivity contribution >= 4 is 32.9 Å². The number of aromatic nitrogens is 2. The second-order valence-electron chi connectivity index (χ2n) is 6.22. The van der Waals surface area contributed by atoms with Gasteiger partial charge in [-0.25, -0.2) is 14.8 Å². The summed E-state index contributed by atoms with van der Waals surface area (Å²) in [5.74, 6) is -1.52. The van der Waals surface area contributed by atoms with Gasteiger partial charge in [0.25, 0.3) is 5.88 Å². The average Bonchev–Trinajstić information content (AvgIpc) is 3.12. The molecule has 1 aliphatic heterocycles. The maximum absolute atomic E-state index is 12.8. The average molecular weight is 449 g/mol.